The molecule has 0 atom stereocenters. The van der Waals surface area contributed by atoms with Gasteiger partial charge >= 0.3 is 0 Å². The second kappa shape index (κ2) is 6.19. The molecule has 0 spiro atoms. The Morgan fingerprint density at radius 2 is 2.20 bits per heavy atom. The van der Waals surface area contributed by atoms with Crippen LogP contribution in [0.15, 0.2) is 28.3 Å². The molecule has 2 aliphatic heterocycles. The summed E-state index contributed by atoms with van der Waals surface area (Å²) in [7, 11) is -3.35. The summed E-state index contributed by atoms with van der Waals surface area (Å²) < 4.78 is 26.4. The molecule has 8 heteroatoms. The van der Waals surface area contributed by atoms with Crippen LogP contribution in [0.3, 0.4) is 0 Å². The van der Waals surface area contributed by atoms with Gasteiger partial charge in [-0.2, -0.15) is 0 Å². The lowest BCUT2D eigenvalue weighted by Crippen LogP contribution is -2.38. The number of hydrogen-bond donors (Lipinski definition) is 2. The van der Waals surface area contributed by atoms with Crippen molar-refractivity contribution in [1.82, 2.24) is 15.5 Å². The van der Waals surface area contributed by atoms with Crippen LogP contribution >= 0.6 is 0 Å². The summed E-state index contributed by atoms with van der Waals surface area (Å²) in [5, 5.41) is 5.91. The highest BCUT2D eigenvalue weighted by Gasteiger charge is 2.24. The molecule has 2 N–H and O–H groups in total. The molecule has 1 amide bonds. The molecule has 0 radical (unpaired) electrons. The van der Waals surface area contributed by atoms with E-state index in [2.05, 4.69) is 15.0 Å². The maximum absolute atomic E-state index is 11.9. The fourth-order valence-electron chi connectivity index (χ4n) is 1.88. The van der Waals surface area contributed by atoms with Gasteiger partial charge in [-0.15, -0.1) is 4.40 Å². The van der Waals surface area contributed by atoms with E-state index < -0.39 is 10.0 Å². The van der Waals surface area contributed by atoms with Gasteiger partial charge in [-0.05, 0) is 18.7 Å². The van der Waals surface area contributed by atoms with Crippen LogP contribution in [-0.2, 0) is 14.8 Å². The molecule has 0 bridgehead atoms. The fraction of sp³-hybridized carbons (Fsp3) is 0.500. The molecular weight excluding hydrogens is 280 g/mol. The average Bonchev–Trinajstić information content (AvgIpc) is 2.42. The Morgan fingerprint density at radius 3 is 2.95 bits per heavy atom. The lowest BCUT2D eigenvalue weighted by molar-refractivity contribution is -0.117. The first-order valence-electron chi connectivity index (χ1n) is 6.50. The van der Waals surface area contributed by atoms with Crippen molar-refractivity contribution in [2.45, 2.75) is 6.92 Å². The highest BCUT2D eigenvalue weighted by atomic mass is 32.2. The van der Waals surface area contributed by atoms with E-state index in [1.54, 1.807) is 23.3 Å². The third kappa shape index (κ3) is 3.67. The standard InChI is InChI=1S/C12H18N4O3S/c1-2-13-5-6-14-12(17)10-3-4-11-15-20(18,19)8-7-16(11)9-10/h3-4,9,13H,2,5-8H2,1H3,(H,14,17). The van der Waals surface area contributed by atoms with Gasteiger partial charge < -0.3 is 15.5 Å². The van der Waals surface area contributed by atoms with E-state index in [0.717, 1.165) is 6.54 Å². The first-order chi connectivity index (χ1) is 9.52. The van der Waals surface area contributed by atoms with Crippen LogP contribution in [0.5, 0.6) is 0 Å². The van der Waals surface area contributed by atoms with Crippen LogP contribution in [0.1, 0.15) is 6.92 Å². The van der Waals surface area contributed by atoms with E-state index >= 15 is 0 Å². The third-order valence-electron chi connectivity index (χ3n) is 2.92. The first kappa shape index (κ1) is 14.7. The van der Waals surface area contributed by atoms with Crippen LogP contribution < -0.4 is 10.6 Å². The number of fused-ring (bicyclic) bond motifs is 1. The van der Waals surface area contributed by atoms with Gasteiger partial charge in [0.1, 0.15) is 5.84 Å². The zero-order chi connectivity index (χ0) is 14.6. The van der Waals surface area contributed by atoms with Crippen molar-refractivity contribution in [3.63, 3.8) is 0 Å². The molecule has 20 heavy (non-hydrogen) atoms. The van der Waals surface area contributed by atoms with Crippen LogP contribution in [0.25, 0.3) is 0 Å². The highest BCUT2D eigenvalue weighted by Crippen LogP contribution is 2.15. The number of sulfonamides is 1. The zero-order valence-corrected chi connectivity index (χ0v) is 12.1. The minimum absolute atomic E-state index is 0.0316. The van der Waals surface area contributed by atoms with Crippen LogP contribution in [0.4, 0.5) is 0 Å². The Hall–Kier alpha value is -1.67. The molecule has 2 rings (SSSR count). The second-order valence-corrected chi connectivity index (χ2v) is 6.21. The van der Waals surface area contributed by atoms with Crippen molar-refractivity contribution in [2.24, 2.45) is 4.40 Å². The smallest absolute Gasteiger partial charge is 0.256 e. The molecule has 0 saturated heterocycles. The van der Waals surface area contributed by atoms with E-state index in [-0.39, 0.29) is 11.7 Å². The maximum Gasteiger partial charge on any atom is 0.256 e. The molecule has 0 aromatic rings. The van der Waals surface area contributed by atoms with Crippen molar-refractivity contribution < 1.29 is 13.2 Å². The first-order valence-corrected chi connectivity index (χ1v) is 8.11. The SMILES string of the molecule is CCNCCNC(=O)C1=CN2CCS(=O)(=O)N=C2C=C1. The predicted octanol–water partition coefficient (Wildman–Crippen LogP) is -0.790. The van der Waals surface area contributed by atoms with Gasteiger partial charge in [0.15, 0.2) is 0 Å². The van der Waals surface area contributed by atoms with Gasteiger partial charge in [0.2, 0.25) is 0 Å². The van der Waals surface area contributed by atoms with Crippen molar-refractivity contribution in [3.05, 3.63) is 23.9 Å². The van der Waals surface area contributed by atoms with Crippen molar-refractivity contribution in [1.29, 1.82) is 0 Å². The van der Waals surface area contributed by atoms with Gasteiger partial charge in [0.05, 0.1) is 11.3 Å². The van der Waals surface area contributed by atoms with Gasteiger partial charge in [0, 0.05) is 25.8 Å². The Bertz CT molecular complexity index is 578. The Kier molecular flexibility index (Phi) is 4.56. The van der Waals surface area contributed by atoms with Gasteiger partial charge in [-0.25, -0.2) is 8.42 Å². The van der Waals surface area contributed by atoms with Gasteiger partial charge in [-0.1, -0.05) is 6.92 Å². The van der Waals surface area contributed by atoms with Crippen molar-refractivity contribution in [3.8, 4) is 0 Å². The number of hydrogen-bond acceptors (Lipinski definition) is 5. The number of carbonyl (C=O) groups excluding carboxylic acids is 1. The van der Waals surface area contributed by atoms with Crippen LogP contribution in [0.2, 0.25) is 0 Å². The number of nitrogens with zero attached hydrogens (tertiary/aromatic N) is 2. The van der Waals surface area contributed by atoms with Crippen LogP contribution in [0, 0.1) is 0 Å². The summed E-state index contributed by atoms with van der Waals surface area (Å²) >= 11 is 0. The normalized spacial score (nSPS) is 19.9. The number of amidine groups is 1. The Balaban J connectivity index is 1.98. The quantitative estimate of drug-likeness (QED) is 0.649. The third-order valence-corrected chi connectivity index (χ3v) is 4.09. The number of nitrogens with one attached hydrogen (secondary N) is 2. The number of likely N-dealkylation sites (N-methyl/N-ethyl adjacent to an activating group) is 1. The van der Waals surface area contributed by atoms with E-state index in [1.165, 1.54) is 0 Å². The monoisotopic (exact) mass is 298 g/mol. The zero-order valence-electron chi connectivity index (χ0n) is 11.3. The average molecular weight is 298 g/mol. The number of amides is 1. The summed E-state index contributed by atoms with van der Waals surface area (Å²) in [5.74, 6) is 0.156. The summed E-state index contributed by atoms with van der Waals surface area (Å²) in [5.41, 5.74) is 0.500. The lowest BCUT2D eigenvalue weighted by atomic mass is 10.2. The summed E-state index contributed by atoms with van der Waals surface area (Å²) in [6, 6.07) is 0. The van der Waals surface area contributed by atoms with Gasteiger partial charge in [0.25, 0.3) is 15.9 Å². The molecule has 0 aromatic heterocycles. The fourth-order valence-corrected chi connectivity index (χ4v) is 2.85. The Morgan fingerprint density at radius 1 is 1.40 bits per heavy atom. The molecule has 0 saturated carbocycles. The molecule has 0 aliphatic carbocycles. The van der Waals surface area contributed by atoms with Crippen molar-refractivity contribution in [2.75, 3.05) is 31.9 Å². The maximum atomic E-state index is 11.9. The minimum atomic E-state index is -3.35. The van der Waals surface area contributed by atoms with E-state index in [1.807, 2.05) is 6.92 Å². The van der Waals surface area contributed by atoms with Crippen LogP contribution in [-0.4, -0.2) is 57.0 Å². The lowest BCUT2D eigenvalue weighted by Gasteiger charge is -2.26. The number of rotatable bonds is 5. The van der Waals surface area contributed by atoms with E-state index in [9.17, 15) is 13.2 Å². The molecule has 0 fully saturated rings. The van der Waals surface area contributed by atoms with E-state index in [0.29, 0.717) is 31.0 Å². The molecule has 2 heterocycles. The van der Waals surface area contributed by atoms with E-state index in [4.69, 9.17) is 0 Å². The largest absolute Gasteiger partial charge is 0.351 e. The second-order valence-electron chi connectivity index (χ2n) is 4.46. The summed E-state index contributed by atoms with van der Waals surface area (Å²) in [6.07, 6.45) is 4.77. The Labute approximate surface area is 118 Å². The summed E-state index contributed by atoms with van der Waals surface area (Å²) in [6.45, 7) is 4.45. The molecular formula is C12H18N4O3S. The molecule has 0 unspecified atom stereocenters. The molecule has 110 valence electrons. The molecule has 2 aliphatic rings. The minimum Gasteiger partial charge on any atom is -0.351 e. The summed E-state index contributed by atoms with van der Waals surface area (Å²) in [4.78, 5) is 13.6. The topological polar surface area (TPSA) is 90.9 Å². The van der Waals surface area contributed by atoms with Crippen molar-refractivity contribution >= 4 is 21.8 Å². The highest BCUT2D eigenvalue weighted by molar-refractivity contribution is 7.90. The molecule has 0 aromatic carbocycles. The predicted molar refractivity (Wildman–Crippen MR) is 76.7 cm³/mol. The van der Waals surface area contributed by atoms with Gasteiger partial charge in [-0.3, -0.25) is 4.79 Å². The molecule has 7 nitrogen and oxygen atoms in total. The number of carbonyl (C=O) groups is 1.